The van der Waals surface area contributed by atoms with Gasteiger partial charge in [0, 0.05) is 32.4 Å². The van der Waals surface area contributed by atoms with E-state index in [2.05, 4.69) is 4.90 Å². The Morgan fingerprint density at radius 1 is 1.35 bits per heavy atom. The molecule has 26 heavy (non-hydrogen) atoms. The maximum absolute atomic E-state index is 13.1. The van der Waals surface area contributed by atoms with Crippen molar-refractivity contribution in [1.82, 2.24) is 19.2 Å². The van der Waals surface area contributed by atoms with Crippen LogP contribution in [0.3, 0.4) is 0 Å². The first-order valence-electron chi connectivity index (χ1n) is 9.37. The van der Waals surface area contributed by atoms with E-state index in [4.69, 9.17) is 9.72 Å². The topological polar surface area (TPSA) is 70.3 Å². The van der Waals surface area contributed by atoms with Crippen molar-refractivity contribution in [1.29, 1.82) is 0 Å². The van der Waals surface area contributed by atoms with Gasteiger partial charge in [-0.2, -0.15) is 0 Å². The van der Waals surface area contributed by atoms with Gasteiger partial charge in [-0.25, -0.2) is 4.98 Å². The number of piperidine rings is 1. The van der Waals surface area contributed by atoms with Crippen molar-refractivity contribution >= 4 is 11.6 Å². The van der Waals surface area contributed by atoms with E-state index in [0.29, 0.717) is 45.1 Å². The van der Waals surface area contributed by atoms with Crippen LogP contribution in [0.4, 0.5) is 0 Å². The average molecular weight is 358 g/mol. The first kappa shape index (κ1) is 17.5. The van der Waals surface area contributed by atoms with E-state index in [-0.39, 0.29) is 12.0 Å². The molecule has 0 bridgehead atoms. The Morgan fingerprint density at radius 2 is 2.15 bits per heavy atom. The maximum atomic E-state index is 13.1. The summed E-state index contributed by atoms with van der Waals surface area (Å²) < 4.78 is 7.40. The van der Waals surface area contributed by atoms with Gasteiger partial charge in [0.2, 0.25) is 0 Å². The highest BCUT2D eigenvalue weighted by Crippen LogP contribution is 2.21. The second-order valence-corrected chi connectivity index (χ2v) is 7.23. The van der Waals surface area contributed by atoms with Gasteiger partial charge in [-0.1, -0.05) is 6.07 Å². The standard InChI is InChI=1S/C19H26N4O3/c1-14-4-2-7-23-16(13-21-6-3-5-15(24)12-21)17(20-18(14)23)19(25)22-8-10-26-11-9-22/h2,4,7,15,24H,3,5-6,8-13H2,1H3/t15-/m1/s1. The Morgan fingerprint density at radius 3 is 2.92 bits per heavy atom. The molecule has 2 saturated heterocycles. The number of hydrogen-bond acceptors (Lipinski definition) is 5. The fourth-order valence-corrected chi connectivity index (χ4v) is 3.88. The highest BCUT2D eigenvalue weighted by molar-refractivity contribution is 5.94. The number of ether oxygens (including phenoxy) is 1. The molecule has 1 N–H and O–H groups in total. The zero-order chi connectivity index (χ0) is 18.1. The Labute approximate surface area is 153 Å². The van der Waals surface area contributed by atoms with Crippen molar-refractivity contribution < 1.29 is 14.6 Å². The second-order valence-electron chi connectivity index (χ2n) is 7.23. The Bertz CT molecular complexity index is 797. The van der Waals surface area contributed by atoms with Gasteiger partial charge in [0.1, 0.15) is 5.65 Å². The molecule has 4 heterocycles. The normalized spacial score (nSPS) is 22.1. The van der Waals surface area contributed by atoms with Crippen LogP contribution in [0.2, 0.25) is 0 Å². The molecule has 1 amide bonds. The van der Waals surface area contributed by atoms with Gasteiger partial charge in [0.05, 0.1) is 25.0 Å². The Hall–Kier alpha value is -1.96. The van der Waals surface area contributed by atoms with Crippen molar-refractivity contribution in [3.63, 3.8) is 0 Å². The molecule has 7 nitrogen and oxygen atoms in total. The van der Waals surface area contributed by atoms with Gasteiger partial charge in [0.25, 0.3) is 5.91 Å². The third-order valence-corrected chi connectivity index (χ3v) is 5.30. The molecule has 4 rings (SSSR count). The van der Waals surface area contributed by atoms with E-state index in [0.717, 1.165) is 36.3 Å². The highest BCUT2D eigenvalue weighted by Gasteiger charge is 2.28. The predicted octanol–water partition coefficient (Wildman–Crippen LogP) is 1.07. The molecule has 2 aromatic rings. The van der Waals surface area contributed by atoms with Crippen LogP contribution in [0.25, 0.3) is 5.65 Å². The lowest BCUT2D eigenvalue weighted by Crippen LogP contribution is -2.42. The molecule has 0 aromatic carbocycles. The van der Waals surface area contributed by atoms with Crippen LogP contribution in [0, 0.1) is 6.92 Å². The molecule has 0 spiro atoms. The molecule has 2 fully saturated rings. The molecule has 0 aliphatic carbocycles. The number of aliphatic hydroxyl groups is 1. The molecule has 2 aliphatic heterocycles. The largest absolute Gasteiger partial charge is 0.392 e. The first-order valence-corrected chi connectivity index (χ1v) is 9.37. The van der Waals surface area contributed by atoms with Gasteiger partial charge in [-0.05, 0) is 37.9 Å². The number of rotatable bonds is 3. The van der Waals surface area contributed by atoms with E-state index >= 15 is 0 Å². The van der Waals surface area contributed by atoms with E-state index in [1.54, 1.807) is 0 Å². The fraction of sp³-hybridized carbons (Fsp3) is 0.579. The summed E-state index contributed by atoms with van der Waals surface area (Å²) in [7, 11) is 0. The van der Waals surface area contributed by atoms with Crippen LogP contribution in [-0.4, -0.2) is 75.7 Å². The summed E-state index contributed by atoms with van der Waals surface area (Å²) in [5.41, 5.74) is 3.32. The summed E-state index contributed by atoms with van der Waals surface area (Å²) in [5, 5.41) is 9.99. The number of pyridine rings is 1. The summed E-state index contributed by atoms with van der Waals surface area (Å²) in [6.45, 7) is 6.57. The van der Waals surface area contributed by atoms with E-state index in [1.807, 2.05) is 34.6 Å². The number of aliphatic hydroxyl groups excluding tert-OH is 1. The third-order valence-electron chi connectivity index (χ3n) is 5.30. The predicted molar refractivity (Wildman–Crippen MR) is 97.2 cm³/mol. The van der Waals surface area contributed by atoms with Gasteiger partial charge < -0.3 is 19.1 Å². The van der Waals surface area contributed by atoms with E-state index in [1.165, 1.54) is 0 Å². The summed E-state index contributed by atoms with van der Waals surface area (Å²) >= 11 is 0. The molecular formula is C19H26N4O3. The molecule has 2 aromatic heterocycles. The number of β-amino-alcohol motifs (C(OH)–C–C–N with tert-alkyl or cyclic N) is 1. The molecule has 140 valence electrons. The summed E-state index contributed by atoms with van der Waals surface area (Å²) in [5.74, 6) is -0.0241. The van der Waals surface area contributed by atoms with Crippen LogP contribution in [0.1, 0.15) is 34.6 Å². The second kappa shape index (κ2) is 7.34. The van der Waals surface area contributed by atoms with Gasteiger partial charge in [-0.3, -0.25) is 9.69 Å². The number of fused-ring (bicyclic) bond motifs is 1. The van der Waals surface area contributed by atoms with Crippen LogP contribution in [-0.2, 0) is 11.3 Å². The molecule has 1 atom stereocenters. The Kier molecular flexibility index (Phi) is 4.93. The number of likely N-dealkylation sites (tertiary alicyclic amines) is 1. The number of aryl methyl sites for hydroxylation is 1. The van der Waals surface area contributed by atoms with Gasteiger partial charge in [0.15, 0.2) is 5.69 Å². The van der Waals surface area contributed by atoms with Gasteiger partial charge >= 0.3 is 0 Å². The number of carbonyl (C=O) groups excluding carboxylic acids is 1. The lowest BCUT2D eigenvalue weighted by molar-refractivity contribution is 0.0296. The zero-order valence-corrected chi connectivity index (χ0v) is 15.2. The zero-order valence-electron chi connectivity index (χ0n) is 15.2. The van der Waals surface area contributed by atoms with E-state index in [9.17, 15) is 9.90 Å². The molecular weight excluding hydrogens is 332 g/mol. The van der Waals surface area contributed by atoms with Gasteiger partial charge in [-0.15, -0.1) is 0 Å². The highest BCUT2D eigenvalue weighted by atomic mass is 16.5. The fourth-order valence-electron chi connectivity index (χ4n) is 3.88. The summed E-state index contributed by atoms with van der Waals surface area (Å²) in [6, 6.07) is 4.00. The minimum Gasteiger partial charge on any atom is -0.392 e. The van der Waals surface area contributed by atoms with Crippen molar-refractivity contribution in [2.45, 2.75) is 32.4 Å². The van der Waals surface area contributed by atoms with Crippen LogP contribution < -0.4 is 0 Å². The maximum Gasteiger partial charge on any atom is 0.274 e. The summed E-state index contributed by atoms with van der Waals surface area (Å²) in [4.78, 5) is 21.9. The molecule has 2 aliphatic rings. The average Bonchev–Trinajstić information content (AvgIpc) is 3.02. The molecule has 7 heteroatoms. The monoisotopic (exact) mass is 358 g/mol. The van der Waals surface area contributed by atoms with Crippen LogP contribution in [0.15, 0.2) is 18.3 Å². The van der Waals surface area contributed by atoms with Crippen LogP contribution in [0.5, 0.6) is 0 Å². The van der Waals surface area contributed by atoms with Crippen LogP contribution >= 0.6 is 0 Å². The van der Waals surface area contributed by atoms with Crippen molar-refractivity contribution in [3.8, 4) is 0 Å². The van der Waals surface area contributed by atoms with E-state index < -0.39 is 0 Å². The van der Waals surface area contributed by atoms with Crippen molar-refractivity contribution in [2.75, 3.05) is 39.4 Å². The number of carbonyl (C=O) groups is 1. The van der Waals surface area contributed by atoms with Crippen molar-refractivity contribution in [3.05, 3.63) is 35.3 Å². The molecule has 0 saturated carbocycles. The number of imidazole rings is 1. The first-order chi connectivity index (χ1) is 12.6. The number of aromatic nitrogens is 2. The lowest BCUT2D eigenvalue weighted by Gasteiger charge is -2.30. The Balaban J connectivity index is 1.70. The third kappa shape index (κ3) is 3.34. The quantitative estimate of drug-likeness (QED) is 0.889. The summed E-state index contributed by atoms with van der Waals surface area (Å²) in [6.07, 6.45) is 3.51. The SMILES string of the molecule is Cc1cccn2c(CN3CCC[C@@H](O)C3)c(C(=O)N3CCOCC3)nc12. The number of nitrogens with zero attached hydrogens (tertiary/aromatic N) is 4. The molecule has 0 unspecified atom stereocenters. The van der Waals surface area contributed by atoms with Crippen molar-refractivity contribution in [2.24, 2.45) is 0 Å². The minimum absolute atomic E-state index is 0.0241. The minimum atomic E-state index is -0.289. The number of hydrogen-bond donors (Lipinski definition) is 1. The smallest absolute Gasteiger partial charge is 0.274 e. The lowest BCUT2D eigenvalue weighted by atomic mass is 10.1. The number of morpholine rings is 1. The molecule has 0 radical (unpaired) electrons. The number of amides is 1.